The van der Waals surface area contributed by atoms with Gasteiger partial charge in [0.2, 0.25) is 11.8 Å². The number of carbonyl (C=O) groups excluding carboxylic acids is 1. The zero-order valence-corrected chi connectivity index (χ0v) is 23.2. The molecule has 0 radical (unpaired) electrons. The molecule has 1 aromatic heterocycles. The van der Waals surface area contributed by atoms with Crippen LogP contribution in [0.5, 0.6) is 11.6 Å². The molecule has 0 aliphatic carbocycles. The van der Waals surface area contributed by atoms with Gasteiger partial charge in [0.1, 0.15) is 11.6 Å². The fourth-order valence-electron chi connectivity index (χ4n) is 5.37. The highest BCUT2D eigenvalue weighted by molar-refractivity contribution is 6.10. The average molecular weight is 557 g/mol. The quantitative estimate of drug-likeness (QED) is 0.348. The summed E-state index contributed by atoms with van der Waals surface area (Å²) in [5, 5.41) is 4.58. The van der Waals surface area contributed by atoms with Crippen molar-refractivity contribution < 1.29 is 18.7 Å². The molecule has 0 unspecified atom stereocenters. The van der Waals surface area contributed by atoms with Gasteiger partial charge in [0, 0.05) is 72.2 Å². The van der Waals surface area contributed by atoms with Crippen LogP contribution in [0.3, 0.4) is 0 Å². The number of nitrogens with zero attached hydrogens (tertiary/aromatic N) is 5. The van der Waals surface area contributed by atoms with Crippen molar-refractivity contribution in [2.24, 2.45) is 0 Å². The van der Waals surface area contributed by atoms with Crippen LogP contribution in [-0.2, 0) is 4.74 Å². The lowest BCUT2D eigenvalue weighted by atomic mass is 10.1. The van der Waals surface area contributed by atoms with Gasteiger partial charge in [-0.05, 0) is 50.8 Å². The van der Waals surface area contributed by atoms with Gasteiger partial charge in [-0.25, -0.2) is 9.37 Å². The standard InChI is InChI=1S/C31H33FN6O3/c1-36(2)23-10-12-38(20-23)31-33-11-9-29(35-31)41-28-8-7-27(25-5-3-4-6-26(25)28)34-30(39)21-17-22(32)19-24(18-21)37-13-15-40-16-14-37/h3-9,11,17-19,23H,10,12-16,20H2,1-2H3,(H,34,39)/t23-/m1/s1. The number of rotatable bonds is 7. The Hall–Kier alpha value is -4.28. The first-order valence-corrected chi connectivity index (χ1v) is 13.8. The van der Waals surface area contributed by atoms with E-state index in [1.165, 1.54) is 12.1 Å². The Kier molecular flexibility index (Phi) is 7.67. The van der Waals surface area contributed by atoms with Crippen molar-refractivity contribution in [3.63, 3.8) is 0 Å². The summed E-state index contributed by atoms with van der Waals surface area (Å²) in [6, 6.07) is 17.9. The topological polar surface area (TPSA) is 83.1 Å². The fraction of sp³-hybridized carbons (Fsp3) is 0.323. The zero-order valence-electron chi connectivity index (χ0n) is 23.2. The number of likely N-dealkylation sites (N-methyl/N-ethyl adjacent to an activating group) is 1. The predicted octanol–water partition coefficient (Wildman–Crippen LogP) is 4.79. The van der Waals surface area contributed by atoms with Gasteiger partial charge in [-0.1, -0.05) is 24.3 Å². The maximum atomic E-state index is 14.5. The third kappa shape index (κ3) is 5.94. The third-order valence-corrected chi connectivity index (χ3v) is 7.66. The van der Waals surface area contributed by atoms with E-state index in [2.05, 4.69) is 39.2 Å². The molecule has 0 saturated carbocycles. The number of hydrogen-bond donors (Lipinski definition) is 1. The second-order valence-corrected chi connectivity index (χ2v) is 10.6. The normalized spacial score (nSPS) is 17.3. The maximum Gasteiger partial charge on any atom is 0.255 e. The van der Waals surface area contributed by atoms with Crippen molar-refractivity contribution in [3.8, 4) is 11.6 Å². The van der Waals surface area contributed by atoms with Gasteiger partial charge in [0.15, 0.2) is 0 Å². The lowest BCUT2D eigenvalue weighted by Crippen LogP contribution is -2.36. The Morgan fingerprint density at radius 2 is 1.83 bits per heavy atom. The van der Waals surface area contributed by atoms with Crippen LogP contribution in [0.2, 0.25) is 0 Å². The van der Waals surface area contributed by atoms with Crippen molar-refractivity contribution >= 4 is 34.0 Å². The molecule has 9 nitrogen and oxygen atoms in total. The van der Waals surface area contributed by atoms with Crippen LogP contribution in [0.4, 0.5) is 21.7 Å². The molecule has 2 saturated heterocycles. The van der Waals surface area contributed by atoms with E-state index < -0.39 is 5.82 Å². The first-order chi connectivity index (χ1) is 19.9. The number of anilines is 3. The van der Waals surface area contributed by atoms with Crippen molar-refractivity contribution in [3.05, 3.63) is 78.2 Å². The molecular formula is C31H33FN6O3. The number of ether oxygens (including phenoxy) is 2. The molecule has 3 heterocycles. The van der Waals surface area contributed by atoms with Crippen LogP contribution in [0.15, 0.2) is 66.9 Å². The molecule has 0 bridgehead atoms. The molecule has 3 aromatic carbocycles. The minimum absolute atomic E-state index is 0.253. The highest BCUT2D eigenvalue weighted by Crippen LogP contribution is 2.35. The summed E-state index contributed by atoms with van der Waals surface area (Å²) in [7, 11) is 4.18. The number of fused-ring (bicyclic) bond motifs is 1. The largest absolute Gasteiger partial charge is 0.438 e. The second-order valence-electron chi connectivity index (χ2n) is 10.6. The van der Waals surface area contributed by atoms with Crippen LogP contribution in [0.1, 0.15) is 16.8 Å². The van der Waals surface area contributed by atoms with E-state index in [1.807, 2.05) is 35.2 Å². The summed E-state index contributed by atoms with van der Waals surface area (Å²) >= 11 is 0. The summed E-state index contributed by atoms with van der Waals surface area (Å²) in [4.78, 5) is 28.8. The molecule has 0 spiro atoms. The van der Waals surface area contributed by atoms with E-state index in [0.29, 0.717) is 61.3 Å². The van der Waals surface area contributed by atoms with Crippen LogP contribution in [0.25, 0.3) is 10.8 Å². The van der Waals surface area contributed by atoms with Gasteiger partial charge in [-0.15, -0.1) is 0 Å². The van der Waals surface area contributed by atoms with E-state index in [-0.39, 0.29) is 11.5 Å². The van der Waals surface area contributed by atoms with Crippen molar-refractivity contribution in [1.82, 2.24) is 14.9 Å². The highest BCUT2D eigenvalue weighted by atomic mass is 19.1. The molecule has 1 amide bonds. The first-order valence-electron chi connectivity index (χ1n) is 13.8. The van der Waals surface area contributed by atoms with Gasteiger partial charge in [-0.2, -0.15) is 4.98 Å². The summed E-state index contributed by atoms with van der Waals surface area (Å²) < 4.78 is 26.2. The molecule has 2 aliphatic heterocycles. The first kappa shape index (κ1) is 26.9. The van der Waals surface area contributed by atoms with Crippen molar-refractivity contribution in [1.29, 1.82) is 0 Å². The van der Waals surface area contributed by atoms with Gasteiger partial charge in [0.25, 0.3) is 5.91 Å². The summed E-state index contributed by atoms with van der Waals surface area (Å²) in [5.74, 6) is 0.853. The van der Waals surface area contributed by atoms with Crippen molar-refractivity contribution in [2.75, 3.05) is 68.6 Å². The Morgan fingerprint density at radius 3 is 2.61 bits per heavy atom. The smallest absolute Gasteiger partial charge is 0.255 e. The monoisotopic (exact) mass is 556 g/mol. The lowest BCUT2D eigenvalue weighted by molar-refractivity contribution is 0.102. The summed E-state index contributed by atoms with van der Waals surface area (Å²) in [5.41, 5.74) is 1.52. The Bertz CT molecular complexity index is 1560. The SMILES string of the molecule is CN(C)[C@@H]1CCN(c2nccc(Oc3ccc(NC(=O)c4cc(F)cc(N5CCOCC5)c4)c4ccccc34)n2)C1. The van der Waals surface area contributed by atoms with E-state index in [4.69, 9.17) is 9.47 Å². The minimum atomic E-state index is -0.455. The number of morpholine rings is 1. The molecule has 6 rings (SSSR count). The zero-order chi connectivity index (χ0) is 28.3. The maximum absolute atomic E-state index is 14.5. The number of aromatic nitrogens is 2. The van der Waals surface area contributed by atoms with Crippen LogP contribution < -0.4 is 19.9 Å². The molecule has 1 atom stereocenters. The summed E-state index contributed by atoms with van der Waals surface area (Å²) in [6.07, 6.45) is 2.77. The molecule has 41 heavy (non-hydrogen) atoms. The minimum Gasteiger partial charge on any atom is -0.438 e. The molecule has 1 N–H and O–H groups in total. The van der Waals surface area contributed by atoms with E-state index in [1.54, 1.807) is 24.4 Å². The third-order valence-electron chi connectivity index (χ3n) is 7.66. The summed E-state index contributed by atoms with van der Waals surface area (Å²) in [6.45, 7) is 4.21. The second kappa shape index (κ2) is 11.7. The van der Waals surface area contributed by atoms with Gasteiger partial charge in [0.05, 0.1) is 13.2 Å². The van der Waals surface area contributed by atoms with Crippen LogP contribution >= 0.6 is 0 Å². The highest BCUT2D eigenvalue weighted by Gasteiger charge is 2.26. The predicted molar refractivity (Wildman–Crippen MR) is 158 cm³/mol. The Labute approximate surface area is 238 Å². The lowest BCUT2D eigenvalue weighted by Gasteiger charge is -2.29. The van der Waals surface area contributed by atoms with E-state index in [0.717, 1.165) is 30.3 Å². The Balaban J connectivity index is 1.22. The molecular weight excluding hydrogens is 523 g/mol. The molecule has 4 aromatic rings. The number of carbonyl (C=O) groups is 1. The van der Waals surface area contributed by atoms with Crippen molar-refractivity contribution in [2.45, 2.75) is 12.5 Å². The molecule has 10 heteroatoms. The Morgan fingerprint density at radius 1 is 1.02 bits per heavy atom. The number of benzene rings is 3. The van der Waals surface area contributed by atoms with Gasteiger partial charge < -0.3 is 29.5 Å². The average Bonchev–Trinajstić information content (AvgIpc) is 3.50. The number of amides is 1. The van der Waals surface area contributed by atoms with E-state index >= 15 is 0 Å². The number of halogens is 1. The van der Waals surface area contributed by atoms with Gasteiger partial charge >= 0.3 is 0 Å². The number of hydrogen-bond acceptors (Lipinski definition) is 8. The van der Waals surface area contributed by atoms with E-state index in [9.17, 15) is 9.18 Å². The van der Waals surface area contributed by atoms with Crippen LogP contribution in [-0.4, -0.2) is 80.3 Å². The molecule has 2 aliphatic rings. The molecule has 212 valence electrons. The number of nitrogens with one attached hydrogen (secondary N) is 1. The molecule has 2 fully saturated rings. The van der Waals surface area contributed by atoms with Crippen LogP contribution in [0, 0.1) is 5.82 Å². The fourth-order valence-corrected chi connectivity index (χ4v) is 5.37. The van der Waals surface area contributed by atoms with Gasteiger partial charge in [-0.3, -0.25) is 4.79 Å².